The molecule has 0 saturated carbocycles. The molecular formula is C12H22N2O. The molecule has 0 saturated heterocycles. The van der Waals surface area contributed by atoms with Crippen LogP contribution in [0.25, 0.3) is 0 Å². The molecule has 2 atom stereocenters. The van der Waals surface area contributed by atoms with Crippen LogP contribution in [-0.2, 0) is 4.79 Å². The summed E-state index contributed by atoms with van der Waals surface area (Å²) in [5.74, 6) is 2.58. The first kappa shape index (κ1) is 14.0. The number of rotatable bonds is 7. The Morgan fingerprint density at radius 1 is 1.47 bits per heavy atom. The van der Waals surface area contributed by atoms with Gasteiger partial charge in [0.05, 0.1) is 6.04 Å². The number of nitrogens with one attached hydrogen (secondary N) is 2. The Balaban J connectivity index is 3.74. The van der Waals surface area contributed by atoms with Crippen molar-refractivity contribution in [2.24, 2.45) is 0 Å². The maximum absolute atomic E-state index is 11.6. The first-order valence-electron chi connectivity index (χ1n) is 5.59. The van der Waals surface area contributed by atoms with E-state index >= 15 is 0 Å². The lowest BCUT2D eigenvalue weighted by molar-refractivity contribution is -0.123. The Morgan fingerprint density at radius 3 is 2.67 bits per heavy atom. The van der Waals surface area contributed by atoms with E-state index in [2.05, 4.69) is 23.5 Å². The molecule has 0 aromatic carbocycles. The second-order valence-electron chi connectivity index (χ2n) is 3.83. The van der Waals surface area contributed by atoms with Gasteiger partial charge in [0.2, 0.25) is 5.91 Å². The Kier molecular flexibility index (Phi) is 7.75. The highest BCUT2D eigenvalue weighted by Gasteiger charge is 2.13. The van der Waals surface area contributed by atoms with Gasteiger partial charge in [-0.15, -0.1) is 12.3 Å². The van der Waals surface area contributed by atoms with Gasteiger partial charge >= 0.3 is 0 Å². The fourth-order valence-electron chi connectivity index (χ4n) is 1.33. The van der Waals surface area contributed by atoms with Gasteiger partial charge in [0.1, 0.15) is 0 Å². The van der Waals surface area contributed by atoms with Gasteiger partial charge < -0.3 is 10.6 Å². The van der Waals surface area contributed by atoms with Gasteiger partial charge in [-0.3, -0.25) is 4.79 Å². The Labute approximate surface area is 93.0 Å². The Morgan fingerprint density at radius 2 is 2.13 bits per heavy atom. The lowest BCUT2D eigenvalue weighted by Crippen LogP contribution is -2.45. The van der Waals surface area contributed by atoms with Crippen molar-refractivity contribution in [2.75, 3.05) is 6.54 Å². The standard InChI is InChI=1S/C12H22N2O/c1-5-7-9-13-11(4)12(15)14-10(3)8-6-2/h1,10-11,13H,6-9H2,2-4H3,(H,14,15). The molecule has 0 bridgehead atoms. The second-order valence-corrected chi connectivity index (χ2v) is 3.83. The molecule has 0 rings (SSSR count). The topological polar surface area (TPSA) is 41.1 Å². The first-order valence-corrected chi connectivity index (χ1v) is 5.59. The number of carbonyl (C=O) groups is 1. The third kappa shape index (κ3) is 6.98. The molecule has 1 amide bonds. The molecule has 0 aromatic rings. The van der Waals surface area contributed by atoms with Crippen LogP contribution in [0.3, 0.4) is 0 Å². The van der Waals surface area contributed by atoms with Gasteiger partial charge in [-0.1, -0.05) is 13.3 Å². The average Bonchev–Trinajstić information content (AvgIpc) is 2.18. The van der Waals surface area contributed by atoms with Crippen LogP contribution in [-0.4, -0.2) is 24.5 Å². The van der Waals surface area contributed by atoms with Crippen LogP contribution in [0.4, 0.5) is 0 Å². The maximum atomic E-state index is 11.6. The molecule has 3 heteroatoms. The summed E-state index contributed by atoms with van der Waals surface area (Å²) < 4.78 is 0. The van der Waals surface area contributed by atoms with E-state index in [1.807, 2.05) is 13.8 Å². The maximum Gasteiger partial charge on any atom is 0.237 e. The van der Waals surface area contributed by atoms with E-state index < -0.39 is 0 Å². The number of carbonyl (C=O) groups excluding carboxylic acids is 1. The van der Waals surface area contributed by atoms with Crippen molar-refractivity contribution >= 4 is 5.91 Å². The van der Waals surface area contributed by atoms with Crippen molar-refractivity contribution in [1.29, 1.82) is 0 Å². The van der Waals surface area contributed by atoms with Crippen molar-refractivity contribution in [2.45, 2.75) is 52.1 Å². The van der Waals surface area contributed by atoms with Crippen LogP contribution in [0, 0.1) is 12.3 Å². The van der Waals surface area contributed by atoms with Crippen molar-refractivity contribution in [3.05, 3.63) is 0 Å². The van der Waals surface area contributed by atoms with Gasteiger partial charge in [-0.2, -0.15) is 0 Å². The highest BCUT2D eigenvalue weighted by Crippen LogP contribution is 1.95. The van der Waals surface area contributed by atoms with Crippen LogP contribution in [0.2, 0.25) is 0 Å². The second kappa shape index (κ2) is 8.31. The molecule has 0 spiro atoms. The molecule has 15 heavy (non-hydrogen) atoms. The van der Waals surface area contributed by atoms with Gasteiger partial charge in [0.15, 0.2) is 0 Å². The summed E-state index contributed by atoms with van der Waals surface area (Å²) in [5.41, 5.74) is 0. The predicted octanol–water partition coefficient (Wildman–Crippen LogP) is 1.29. The summed E-state index contributed by atoms with van der Waals surface area (Å²) in [5, 5.41) is 6.03. The average molecular weight is 210 g/mol. The normalized spacial score (nSPS) is 14.0. The number of terminal acetylenes is 1. The van der Waals surface area contributed by atoms with E-state index in [-0.39, 0.29) is 18.0 Å². The zero-order valence-electron chi connectivity index (χ0n) is 9.97. The fraction of sp³-hybridized carbons (Fsp3) is 0.750. The third-order valence-electron chi connectivity index (χ3n) is 2.22. The Hall–Kier alpha value is -1.01. The molecule has 0 heterocycles. The number of amides is 1. The van der Waals surface area contributed by atoms with E-state index in [0.29, 0.717) is 13.0 Å². The number of hydrogen-bond acceptors (Lipinski definition) is 2. The molecular weight excluding hydrogens is 188 g/mol. The highest BCUT2D eigenvalue weighted by atomic mass is 16.2. The molecule has 0 fully saturated rings. The van der Waals surface area contributed by atoms with Gasteiger partial charge in [-0.25, -0.2) is 0 Å². The summed E-state index contributed by atoms with van der Waals surface area (Å²) in [4.78, 5) is 11.6. The summed E-state index contributed by atoms with van der Waals surface area (Å²) in [7, 11) is 0. The van der Waals surface area contributed by atoms with Crippen molar-refractivity contribution in [3.8, 4) is 12.3 Å². The molecule has 0 aliphatic rings. The number of hydrogen-bond donors (Lipinski definition) is 2. The molecule has 0 aromatic heterocycles. The fourth-order valence-corrected chi connectivity index (χ4v) is 1.33. The van der Waals surface area contributed by atoms with Crippen molar-refractivity contribution in [3.63, 3.8) is 0 Å². The Bertz CT molecular complexity index is 220. The third-order valence-corrected chi connectivity index (χ3v) is 2.22. The van der Waals surface area contributed by atoms with Crippen LogP contribution in [0.15, 0.2) is 0 Å². The van der Waals surface area contributed by atoms with E-state index in [1.165, 1.54) is 0 Å². The summed E-state index contributed by atoms with van der Waals surface area (Å²) >= 11 is 0. The SMILES string of the molecule is C#CCCNC(C)C(=O)NC(C)CCC. The van der Waals surface area contributed by atoms with Crippen molar-refractivity contribution < 1.29 is 4.79 Å². The van der Waals surface area contributed by atoms with Crippen molar-refractivity contribution in [1.82, 2.24) is 10.6 Å². The summed E-state index contributed by atoms with van der Waals surface area (Å²) in [6, 6.07) is 0.0806. The van der Waals surface area contributed by atoms with E-state index in [0.717, 1.165) is 12.8 Å². The molecule has 2 unspecified atom stereocenters. The van der Waals surface area contributed by atoms with E-state index in [1.54, 1.807) is 0 Å². The zero-order chi connectivity index (χ0) is 11.7. The molecule has 0 aliphatic carbocycles. The minimum absolute atomic E-state index is 0.0490. The van der Waals surface area contributed by atoms with Crippen LogP contribution >= 0.6 is 0 Å². The largest absolute Gasteiger partial charge is 0.352 e. The summed E-state index contributed by atoms with van der Waals surface area (Å²) in [6.07, 6.45) is 7.88. The monoisotopic (exact) mass is 210 g/mol. The summed E-state index contributed by atoms with van der Waals surface area (Å²) in [6.45, 7) is 6.67. The lowest BCUT2D eigenvalue weighted by atomic mass is 10.2. The molecule has 0 aliphatic heterocycles. The van der Waals surface area contributed by atoms with Gasteiger partial charge in [0.25, 0.3) is 0 Å². The smallest absolute Gasteiger partial charge is 0.237 e. The predicted molar refractivity (Wildman–Crippen MR) is 63.4 cm³/mol. The van der Waals surface area contributed by atoms with E-state index in [4.69, 9.17) is 6.42 Å². The highest BCUT2D eigenvalue weighted by molar-refractivity contribution is 5.81. The minimum Gasteiger partial charge on any atom is -0.352 e. The molecule has 2 N–H and O–H groups in total. The van der Waals surface area contributed by atoms with Gasteiger partial charge in [0, 0.05) is 19.0 Å². The van der Waals surface area contributed by atoms with Crippen LogP contribution in [0.1, 0.15) is 40.0 Å². The molecule has 86 valence electrons. The van der Waals surface area contributed by atoms with Gasteiger partial charge in [-0.05, 0) is 20.3 Å². The molecule has 0 radical (unpaired) electrons. The minimum atomic E-state index is -0.169. The van der Waals surface area contributed by atoms with E-state index in [9.17, 15) is 4.79 Å². The lowest BCUT2D eigenvalue weighted by Gasteiger charge is -2.17. The zero-order valence-corrected chi connectivity index (χ0v) is 9.97. The molecule has 3 nitrogen and oxygen atoms in total. The van der Waals surface area contributed by atoms with Crippen LogP contribution < -0.4 is 10.6 Å². The first-order chi connectivity index (χ1) is 7.11. The van der Waals surface area contributed by atoms with Crippen LogP contribution in [0.5, 0.6) is 0 Å². The quantitative estimate of drug-likeness (QED) is 0.491.